The van der Waals surface area contributed by atoms with E-state index in [0.29, 0.717) is 0 Å². The fourth-order valence-electron chi connectivity index (χ4n) is 3.84. The number of aromatic nitrogens is 1. The summed E-state index contributed by atoms with van der Waals surface area (Å²) in [5.74, 6) is -0.821. The van der Waals surface area contributed by atoms with Crippen LogP contribution in [0, 0.1) is 13.8 Å². The van der Waals surface area contributed by atoms with Crippen molar-refractivity contribution in [2.75, 3.05) is 0 Å². The fraction of sp³-hybridized carbons (Fsp3) is 0.125. The number of aliphatic carboxylic acids is 1. The smallest absolute Gasteiger partial charge is 0.307 e. The standard InChI is InChI=1S/C24H21NO2/c1-15-12-16(2)23-20(14-22(26)27)24(25-21(23)13-15)19-10-8-18(9-11-19)17-6-4-3-5-7-17/h3-13,25H,14H2,1-2H3,(H,26,27). The molecule has 0 aliphatic carbocycles. The Labute approximate surface area is 158 Å². The molecule has 4 rings (SSSR count). The van der Waals surface area contributed by atoms with E-state index in [1.54, 1.807) is 0 Å². The van der Waals surface area contributed by atoms with E-state index in [1.165, 1.54) is 0 Å². The number of carboxylic acids is 1. The first-order chi connectivity index (χ1) is 13.0. The van der Waals surface area contributed by atoms with E-state index in [2.05, 4.69) is 60.4 Å². The monoisotopic (exact) mass is 355 g/mol. The van der Waals surface area contributed by atoms with Crippen molar-refractivity contribution in [1.82, 2.24) is 4.98 Å². The van der Waals surface area contributed by atoms with Gasteiger partial charge < -0.3 is 10.1 Å². The number of hydrogen-bond acceptors (Lipinski definition) is 1. The van der Waals surface area contributed by atoms with E-state index in [-0.39, 0.29) is 6.42 Å². The van der Waals surface area contributed by atoms with Crippen LogP contribution in [0.25, 0.3) is 33.3 Å². The third-order valence-corrected chi connectivity index (χ3v) is 4.95. The molecule has 3 heteroatoms. The molecule has 134 valence electrons. The lowest BCUT2D eigenvalue weighted by Crippen LogP contribution is -2.01. The van der Waals surface area contributed by atoms with E-state index < -0.39 is 5.97 Å². The third-order valence-electron chi connectivity index (χ3n) is 4.95. The first kappa shape index (κ1) is 17.1. The van der Waals surface area contributed by atoms with Crippen molar-refractivity contribution in [2.24, 2.45) is 0 Å². The molecule has 0 atom stereocenters. The highest BCUT2D eigenvalue weighted by molar-refractivity contribution is 5.96. The molecule has 0 radical (unpaired) electrons. The summed E-state index contributed by atoms with van der Waals surface area (Å²) in [6.07, 6.45) is -0.000326. The van der Waals surface area contributed by atoms with Gasteiger partial charge in [0.1, 0.15) is 0 Å². The van der Waals surface area contributed by atoms with E-state index in [4.69, 9.17) is 0 Å². The molecule has 3 nitrogen and oxygen atoms in total. The number of benzene rings is 3. The molecule has 3 aromatic carbocycles. The summed E-state index contributed by atoms with van der Waals surface area (Å²) in [6.45, 7) is 4.09. The van der Waals surface area contributed by atoms with E-state index in [9.17, 15) is 9.90 Å². The second kappa shape index (κ2) is 6.76. The van der Waals surface area contributed by atoms with Crippen LogP contribution in [-0.2, 0) is 11.2 Å². The lowest BCUT2D eigenvalue weighted by Gasteiger charge is -2.06. The highest BCUT2D eigenvalue weighted by Gasteiger charge is 2.17. The molecular weight excluding hydrogens is 334 g/mol. The molecule has 27 heavy (non-hydrogen) atoms. The van der Waals surface area contributed by atoms with Crippen LogP contribution in [0.4, 0.5) is 0 Å². The van der Waals surface area contributed by atoms with Crippen molar-refractivity contribution in [2.45, 2.75) is 20.3 Å². The molecule has 1 aromatic heterocycles. The van der Waals surface area contributed by atoms with Gasteiger partial charge in [0.15, 0.2) is 0 Å². The number of aromatic amines is 1. The minimum Gasteiger partial charge on any atom is -0.481 e. The van der Waals surface area contributed by atoms with Crippen LogP contribution in [-0.4, -0.2) is 16.1 Å². The average molecular weight is 355 g/mol. The summed E-state index contributed by atoms with van der Waals surface area (Å²) in [4.78, 5) is 15.0. The Morgan fingerprint density at radius 3 is 2.19 bits per heavy atom. The van der Waals surface area contributed by atoms with E-state index in [0.717, 1.165) is 50.0 Å². The zero-order valence-corrected chi connectivity index (χ0v) is 15.4. The molecule has 0 aliphatic heterocycles. The maximum Gasteiger partial charge on any atom is 0.307 e. The maximum atomic E-state index is 11.5. The van der Waals surface area contributed by atoms with E-state index >= 15 is 0 Å². The zero-order valence-electron chi connectivity index (χ0n) is 15.4. The quantitative estimate of drug-likeness (QED) is 0.490. The molecule has 0 spiro atoms. The largest absolute Gasteiger partial charge is 0.481 e. The summed E-state index contributed by atoms with van der Waals surface area (Å²) < 4.78 is 0. The zero-order chi connectivity index (χ0) is 19.0. The molecule has 0 saturated carbocycles. The molecule has 0 bridgehead atoms. The number of hydrogen-bond donors (Lipinski definition) is 2. The van der Waals surface area contributed by atoms with Crippen LogP contribution in [0.1, 0.15) is 16.7 Å². The van der Waals surface area contributed by atoms with E-state index in [1.807, 2.05) is 25.1 Å². The van der Waals surface area contributed by atoms with Crippen molar-refractivity contribution in [3.63, 3.8) is 0 Å². The summed E-state index contributed by atoms with van der Waals surface area (Å²) in [7, 11) is 0. The van der Waals surface area contributed by atoms with Crippen molar-refractivity contribution >= 4 is 16.9 Å². The Hall–Kier alpha value is -3.33. The first-order valence-corrected chi connectivity index (χ1v) is 9.02. The van der Waals surface area contributed by atoms with Gasteiger partial charge in [0.25, 0.3) is 0 Å². The van der Waals surface area contributed by atoms with Crippen LogP contribution >= 0.6 is 0 Å². The number of fused-ring (bicyclic) bond motifs is 1. The van der Waals surface area contributed by atoms with Gasteiger partial charge in [-0.25, -0.2) is 0 Å². The Morgan fingerprint density at radius 2 is 1.52 bits per heavy atom. The minimum absolute atomic E-state index is 0.000326. The predicted octanol–water partition coefficient (Wildman–Crippen LogP) is 5.75. The van der Waals surface area contributed by atoms with Gasteiger partial charge in [-0.2, -0.15) is 0 Å². The van der Waals surface area contributed by atoms with Gasteiger partial charge in [0.05, 0.1) is 12.1 Å². The normalized spacial score (nSPS) is 11.0. The topological polar surface area (TPSA) is 53.1 Å². The number of rotatable bonds is 4. The van der Waals surface area contributed by atoms with Crippen molar-refractivity contribution in [1.29, 1.82) is 0 Å². The number of aryl methyl sites for hydroxylation is 2. The summed E-state index contributed by atoms with van der Waals surface area (Å²) in [6, 6.07) is 22.7. The molecular formula is C24H21NO2. The van der Waals surface area contributed by atoms with Crippen molar-refractivity contribution in [3.05, 3.63) is 83.4 Å². The Balaban J connectivity index is 1.85. The predicted molar refractivity (Wildman–Crippen MR) is 110 cm³/mol. The molecule has 1 heterocycles. The SMILES string of the molecule is Cc1cc(C)c2c(CC(=O)O)c(-c3ccc(-c4ccccc4)cc3)[nH]c2c1. The molecule has 2 N–H and O–H groups in total. The number of nitrogens with one attached hydrogen (secondary N) is 1. The van der Waals surface area contributed by atoms with Crippen LogP contribution < -0.4 is 0 Å². The second-order valence-corrected chi connectivity index (χ2v) is 7.00. The number of H-pyrrole nitrogens is 1. The first-order valence-electron chi connectivity index (χ1n) is 9.02. The highest BCUT2D eigenvalue weighted by Crippen LogP contribution is 2.34. The van der Waals surface area contributed by atoms with Crippen LogP contribution in [0.3, 0.4) is 0 Å². The maximum absolute atomic E-state index is 11.5. The summed E-state index contributed by atoms with van der Waals surface area (Å²) in [5.41, 5.74) is 8.30. The van der Waals surface area contributed by atoms with Gasteiger partial charge in [0.2, 0.25) is 0 Å². The van der Waals surface area contributed by atoms with Crippen molar-refractivity contribution in [3.8, 4) is 22.4 Å². The molecule has 0 saturated heterocycles. The molecule has 0 aliphatic rings. The lowest BCUT2D eigenvalue weighted by molar-refractivity contribution is -0.136. The van der Waals surface area contributed by atoms with Gasteiger partial charge in [0, 0.05) is 10.9 Å². The van der Waals surface area contributed by atoms with Gasteiger partial charge in [-0.15, -0.1) is 0 Å². The van der Waals surface area contributed by atoms with Gasteiger partial charge in [-0.05, 0) is 53.3 Å². The molecule has 4 aromatic rings. The van der Waals surface area contributed by atoms with Crippen LogP contribution in [0.5, 0.6) is 0 Å². The minimum atomic E-state index is -0.821. The third kappa shape index (κ3) is 3.24. The van der Waals surface area contributed by atoms with Crippen LogP contribution in [0.15, 0.2) is 66.7 Å². The summed E-state index contributed by atoms with van der Waals surface area (Å²) >= 11 is 0. The van der Waals surface area contributed by atoms with Crippen LogP contribution in [0.2, 0.25) is 0 Å². The second-order valence-electron chi connectivity index (χ2n) is 7.00. The average Bonchev–Trinajstić information content (AvgIpc) is 3.00. The Bertz CT molecular complexity index is 1120. The molecule has 0 unspecified atom stereocenters. The van der Waals surface area contributed by atoms with Gasteiger partial charge in [-0.3, -0.25) is 4.79 Å². The highest BCUT2D eigenvalue weighted by atomic mass is 16.4. The lowest BCUT2D eigenvalue weighted by atomic mass is 9.97. The van der Waals surface area contributed by atoms with Crippen molar-refractivity contribution < 1.29 is 9.90 Å². The Morgan fingerprint density at radius 1 is 0.889 bits per heavy atom. The van der Waals surface area contributed by atoms with Gasteiger partial charge >= 0.3 is 5.97 Å². The Kier molecular flexibility index (Phi) is 4.28. The molecule has 0 fully saturated rings. The molecule has 0 amide bonds. The number of carboxylic acid groups (broad SMARTS) is 1. The fourth-order valence-corrected chi connectivity index (χ4v) is 3.84. The summed E-state index contributed by atoms with van der Waals surface area (Å²) in [5, 5.41) is 10.5. The number of carbonyl (C=O) groups is 1. The van der Waals surface area contributed by atoms with Gasteiger partial charge in [-0.1, -0.05) is 60.7 Å².